The van der Waals surface area contributed by atoms with E-state index in [2.05, 4.69) is 18.7 Å². The number of methoxy groups -OCH3 is 1. The third-order valence-electron chi connectivity index (χ3n) is 6.82. The summed E-state index contributed by atoms with van der Waals surface area (Å²) in [4.78, 5) is 2.43. The van der Waals surface area contributed by atoms with E-state index < -0.39 is 5.72 Å². The van der Waals surface area contributed by atoms with E-state index in [-0.39, 0.29) is 24.4 Å². The summed E-state index contributed by atoms with van der Waals surface area (Å²) in [6.07, 6.45) is 2.35. The van der Waals surface area contributed by atoms with Gasteiger partial charge in [-0.3, -0.25) is 4.90 Å². The highest BCUT2D eigenvalue weighted by molar-refractivity contribution is 5.59. The van der Waals surface area contributed by atoms with Crippen molar-refractivity contribution < 1.29 is 24.1 Å². The topological polar surface area (TPSA) is 60.4 Å². The number of para-hydroxylation sites is 1. The highest BCUT2D eigenvalue weighted by atomic mass is 16.7. The molecule has 0 bridgehead atoms. The molecule has 0 spiro atoms. The predicted octanol–water partition coefficient (Wildman–Crippen LogP) is 4.10. The first kappa shape index (κ1) is 18.4. The number of nitrogens with zero attached hydrogens (tertiary/aromatic N) is 1. The first-order chi connectivity index (χ1) is 14.0. The molecule has 3 aliphatic rings. The van der Waals surface area contributed by atoms with E-state index in [1.54, 1.807) is 13.2 Å². The fraction of sp³-hybridized carbons (Fsp3) is 0.478. The number of benzene rings is 2. The van der Waals surface area contributed by atoms with Gasteiger partial charge in [-0.25, -0.2) is 0 Å². The van der Waals surface area contributed by atoms with E-state index in [0.717, 1.165) is 35.7 Å². The van der Waals surface area contributed by atoms with Gasteiger partial charge >= 0.3 is 0 Å². The summed E-state index contributed by atoms with van der Waals surface area (Å²) in [5.41, 5.74) is 1.35. The van der Waals surface area contributed by atoms with Crippen LogP contribution in [-0.2, 0) is 0 Å². The summed E-state index contributed by atoms with van der Waals surface area (Å²) in [6, 6.07) is 9.62. The molecule has 1 fully saturated rings. The van der Waals surface area contributed by atoms with Gasteiger partial charge < -0.3 is 24.1 Å². The summed E-state index contributed by atoms with van der Waals surface area (Å²) in [5, 5.41) is 11.0. The van der Waals surface area contributed by atoms with Crippen molar-refractivity contribution in [2.24, 2.45) is 5.92 Å². The minimum absolute atomic E-state index is 0.0750. The molecule has 0 saturated carbocycles. The highest BCUT2D eigenvalue weighted by Gasteiger charge is 2.50. The Kier molecular flexibility index (Phi) is 4.28. The maximum absolute atomic E-state index is 11.0. The highest BCUT2D eigenvalue weighted by Crippen LogP contribution is 2.55. The molecule has 3 aliphatic heterocycles. The van der Waals surface area contributed by atoms with Gasteiger partial charge in [0.1, 0.15) is 5.75 Å². The molecule has 6 nitrogen and oxygen atoms in total. The molecule has 0 aliphatic carbocycles. The fourth-order valence-electron chi connectivity index (χ4n) is 5.07. The number of fused-ring (bicyclic) bond motifs is 2. The predicted molar refractivity (Wildman–Crippen MR) is 108 cm³/mol. The maximum Gasteiger partial charge on any atom is 0.231 e. The van der Waals surface area contributed by atoms with Gasteiger partial charge in [-0.1, -0.05) is 19.1 Å². The molecule has 0 radical (unpaired) electrons. The molecular formula is C23H27NO5. The van der Waals surface area contributed by atoms with E-state index in [9.17, 15) is 5.11 Å². The molecular weight excluding hydrogens is 370 g/mol. The zero-order valence-corrected chi connectivity index (χ0v) is 17.1. The van der Waals surface area contributed by atoms with Gasteiger partial charge in [0.15, 0.2) is 28.7 Å². The largest absolute Gasteiger partial charge is 0.504 e. The second-order valence-electron chi connectivity index (χ2n) is 8.26. The van der Waals surface area contributed by atoms with Gasteiger partial charge in [-0.15, -0.1) is 0 Å². The Labute approximate surface area is 170 Å². The number of likely N-dealkylation sites (tertiary alicyclic amines) is 1. The fourth-order valence-corrected chi connectivity index (χ4v) is 5.07. The van der Waals surface area contributed by atoms with Gasteiger partial charge in [0.05, 0.1) is 7.11 Å². The summed E-state index contributed by atoms with van der Waals surface area (Å²) in [6.45, 7) is 6.61. The smallest absolute Gasteiger partial charge is 0.231 e. The SMILES string of the molecule is COc1cccc([C@@H]2c3cc4c(cc3O[C@](C)(N3CCCC3)[C@H]2C)OCO4)c1O. The van der Waals surface area contributed by atoms with Crippen LogP contribution in [0.1, 0.15) is 43.7 Å². The molecule has 0 aromatic heterocycles. The monoisotopic (exact) mass is 397 g/mol. The van der Waals surface area contributed by atoms with Crippen LogP contribution in [0.25, 0.3) is 0 Å². The molecule has 3 heterocycles. The lowest BCUT2D eigenvalue weighted by atomic mass is 9.73. The lowest BCUT2D eigenvalue weighted by Crippen LogP contribution is -2.57. The minimum atomic E-state index is -0.489. The van der Waals surface area contributed by atoms with Crippen LogP contribution >= 0.6 is 0 Å². The van der Waals surface area contributed by atoms with Gasteiger partial charge in [-0.05, 0) is 31.9 Å². The summed E-state index contributed by atoms with van der Waals surface area (Å²) in [7, 11) is 1.58. The van der Waals surface area contributed by atoms with Crippen molar-refractivity contribution in [2.75, 3.05) is 27.0 Å². The normalized spacial score (nSPS) is 28.1. The Hall–Kier alpha value is -2.60. The maximum atomic E-state index is 11.0. The molecule has 6 heteroatoms. The molecule has 154 valence electrons. The quantitative estimate of drug-likeness (QED) is 0.841. The van der Waals surface area contributed by atoms with Crippen LogP contribution in [0.5, 0.6) is 28.7 Å². The number of rotatable bonds is 3. The first-order valence-electron chi connectivity index (χ1n) is 10.3. The van der Waals surface area contributed by atoms with Gasteiger partial charge in [0, 0.05) is 42.1 Å². The average molecular weight is 397 g/mol. The number of ether oxygens (including phenoxy) is 4. The van der Waals surface area contributed by atoms with Crippen LogP contribution in [0.2, 0.25) is 0 Å². The Morgan fingerprint density at radius 3 is 2.52 bits per heavy atom. The third-order valence-corrected chi connectivity index (χ3v) is 6.82. The number of hydrogen-bond donors (Lipinski definition) is 1. The van der Waals surface area contributed by atoms with E-state index in [1.807, 2.05) is 24.3 Å². The van der Waals surface area contributed by atoms with Crippen LogP contribution in [0, 0.1) is 5.92 Å². The Bertz CT molecular complexity index is 939. The molecule has 2 aromatic rings. The van der Waals surface area contributed by atoms with Crippen molar-refractivity contribution >= 4 is 0 Å². The number of phenols is 1. The lowest BCUT2D eigenvalue weighted by Gasteiger charge is -2.50. The molecule has 29 heavy (non-hydrogen) atoms. The van der Waals surface area contributed by atoms with Gasteiger partial charge in [0.2, 0.25) is 6.79 Å². The summed E-state index contributed by atoms with van der Waals surface area (Å²) < 4.78 is 23.3. The molecule has 2 aromatic carbocycles. The van der Waals surface area contributed by atoms with Crippen LogP contribution in [0.15, 0.2) is 30.3 Å². The van der Waals surface area contributed by atoms with Gasteiger partial charge in [0.25, 0.3) is 0 Å². The van der Waals surface area contributed by atoms with Crippen molar-refractivity contribution in [3.8, 4) is 28.7 Å². The van der Waals surface area contributed by atoms with Crippen molar-refractivity contribution in [3.05, 3.63) is 41.5 Å². The third kappa shape index (κ3) is 2.73. The molecule has 1 saturated heterocycles. The van der Waals surface area contributed by atoms with Crippen molar-refractivity contribution in [2.45, 2.75) is 38.3 Å². The van der Waals surface area contributed by atoms with E-state index >= 15 is 0 Å². The minimum Gasteiger partial charge on any atom is -0.504 e. The Balaban J connectivity index is 1.70. The molecule has 5 rings (SSSR count). The van der Waals surface area contributed by atoms with Crippen LogP contribution in [-0.4, -0.2) is 42.7 Å². The van der Waals surface area contributed by atoms with E-state index in [4.69, 9.17) is 18.9 Å². The van der Waals surface area contributed by atoms with Gasteiger partial charge in [-0.2, -0.15) is 0 Å². The van der Waals surface area contributed by atoms with E-state index in [1.165, 1.54) is 12.8 Å². The van der Waals surface area contributed by atoms with Crippen LogP contribution in [0.3, 0.4) is 0 Å². The molecule has 3 atom stereocenters. The number of phenolic OH excluding ortho intramolecular Hbond substituents is 1. The standard InChI is InChI=1S/C23H27NO5/c1-14-21(15-7-6-8-17(26-3)22(15)25)16-11-19-20(28-13-27-19)12-18(16)29-23(14,2)24-9-4-5-10-24/h6-8,11-12,14,21,25H,4-5,9-10,13H2,1-3H3/t14-,21+,23-/m0/s1. The van der Waals surface area contributed by atoms with Crippen LogP contribution < -0.4 is 18.9 Å². The van der Waals surface area contributed by atoms with E-state index in [0.29, 0.717) is 11.5 Å². The van der Waals surface area contributed by atoms with Crippen molar-refractivity contribution in [1.29, 1.82) is 0 Å². The summed E-state index contributed by atoms with van der Waals surface area (Å²) >= 11 is 0. The average Bonchev–Trinajstić information content (AvgIpc) is 3.40. The van der Waals surface area contributed by atoms with Crippen molar-refractivity contribution in [3.63, 3.8) is 0 Å². The Morgan fingerprint density at radius 2 is 1.79 bits per heavy atom. The molecule has 1 N–H and O–H groups in total. The number of hydrogen-bond acceptors (Lipinski definition) is 6. The second kappa shape index (κ2) is 6.73. The second-order valence-corrected chi connectivity index (χ2v) is 8.26. The molecule has 0 unspecified atom stereocenters. The number of aromatic hydroxyl groups is 1. The lowest BCUT2D eigenvalue weighted by molar-refractivity contribution is -0.114. The van der Waals surface area contributed by atoms with Crippen molar-refractivity contribution in [1.82, 2.24) is 4.90 Å². The first-order valence-corrected chi connectivity index (χ1v) is 10.3. The zero-order chi connectivity index (χ0) is 20.2. The Morgan fingerprint density at radius 1 is 1.07 bits per heavy atom. The molecule has 0 amide bonds. The zero-order valence-electron chi connectivity index (χ0n) is 17.1. The summed E-state index contributed by atoms with van der Waals surface area (Å²) in [5.74, 6) is 2.88. The van der Waals surface area contributed by atoms with Crippen LogP contribution in [0.4, 0.5) is 0 Å².